The summed E-state index contributed by atoms with van der Waals surface area (Å²) in [7, 11) is 0. The third-order valence-corrected chi connectivity index (χ3v) is 4.03. The van der Waals surface area contributed by atoms with Gasteiger partial charge in [0.05, 0.1) is 0 Å². The van der Waals surface area contributed by atoms with Crippen molar-refractivity contribution in [3.05, 3.63) is 24.8 Å². The Labute approximate surface area is 153 Å². The van der Waals surface area contributed by atoms with Crippen LogP contribution in [0, 0.1) is 5.92 Å². The molecule has 142 valence electrons. The largest absolute Gasteiger partial charge is 0.355 e. The van der Waals surface area contributed by atoms with Gasteiger partial charge in [-0.05, 0) is 12.3 Å². The first-order valence-electron chi connectivity index (χ1n) is 9.67. The van der Waals surface area contributed by atoms with Crippen molar-refractivity contribution < 1.29 is 0 Å². The van der Waals surface area contributed by atoms with Gasteiger partial charge in [0, 0.05) is 32.6 Å². The number of nitrogens with one attached hydrogen (secondary N) is 2. The molecule has 1 aromatic rings. The van der Waals surface area contributed by atoms with E-state index in [1.807, 2.05) is 6.08 Å². The highest BCUT2D eigenvalue weighted by atomic mass is 15.3. The SMILES string of the molecule is C=CCNC(=NCCCCCCC(C)C)NCCn1cnnc1CC. The topological polar surface area (TPSA) is 67.1 Å². The molecule has 0 atom stereocenters. The maximum atomic E-state index is 4.66. The fraction of sp³-hybridized carbons (Fsp3) is 0.737. The van der Waals surface area contributed by atoms with E-state index in [9.17, 15) is 0 Å². The number of aromatic nitrogens is 3. The quantitative estimate of drug-likeness (QED) is 0.249. The van der Waals surface area contributed by atoms with E-state index in [2.05, 4.69) is 57.7 Å². The van der Waals surface area contributed by atoms with Gasteiger partial charge in [-0.2, -0.15) is 0 Å². The van der Waals surface area contributed by atoms with E-state index in [1.165, 1.54) is 25.7 Å². The number of aryl methyl sites for hydroxylation is 1. The molecule has 1 aromatic heterocycles. The fourth-order valence-electron chi connectivity index (χ4n) is 2.59. The molecule has 2 N–H and O–H groups in total. The lowest BCUT2D eigenvalue weighted by Gasteiger charge is -2.12. The van der Waals surface area contributed by atoms with E-state index in [1.54, 1.807) is 6.33 Å². The number of aliphatic imine (C=N–C) groups is 1. The molecule has 0 amide bonds. The van der Waals surface area contributed by atoms with Gasteiger partial charge in [-0.25, -0.2) is 0 Å². The molecule has 1 heterocycles. The molecule has 0 bridgehead atoms. The first-order valence-corrected chi connectivity index (χ1v) is 9.67. The van der Waals surface area contributed by atoms with Crippen molar-refractivity contribution in [1.29, 1.82) is 0 Å². The van der Waals surface area contributed by atoms with Gasteiger partial charge in [0.1, 0.15) is 12.2 Å². The smallest absolute Gasteiger partial charge is 0.191 e. The predicted molar refractivity (Wildman–Crippen MR) is 106 cm³/mol. The summed E-state index contributed by atoms with van der Waals surface area (Å²) in [5.41, 5.74) is 0. The van der Waals surface area contributed by atoms with Crippen molar-refractivity contribution in [3.8, 4) is 0 Å². The van der Waals surface area contributed by atoms with Crippen molar-refractivity contribution in [2.45, 2.75) is 65.8 Å². The molecule has 0 aliphatic carbocycles. The molecular weight excluding hydrogens is 312 g/mol. The number of rotatable bonds is 13. The van der Waals surface area contributed by atoms with Crippen LogP contribution in [0.25, 0.3) is 0 Å². The van der Waals surface area contributed by atoms with Crippen molar-refractivity contribution in [2.75, 3.05) is 19.6 Å². The van der Waals surface area contributed by atoms with Crippen LogP contribution in [0.2, 0.25) is 0 Å². The molecular formula is C19H36N6. The average Bonchev–Trinajstić information content (AvgIpc) is 3.05. The van der Waals surface area contributed by atoms with Gasteiger partial charge in [-0.15, -0.1) is 16.8 Å². The first-order chi connectivity index (χ1) is 12.2. The van der Waals surface area contributed by atoms with Crippen LogP contribution in [0.3, 0.4) is 0 Å². The van der Waals surface area contributed by atoms with Gasteiger partial charge >= 0.3 is 0 Å². The molecule has 0 radical (unpaired) electrons. The summed E-state index contributed by atoms with van der Waals surface area (Å²) < 4.78 is 2.08. The second kappa shape index (κ2) is 13.4. The molecule has 1 rings (SSSR count). The highest BCUT2D eigenvalue weighted by molar-refractivity contribution is 5.79. The van der Waals surface area contributed by atoms with E-state index in [4.69, 9.17) is 0 Å². The zero-order valence-corrected chi connectivity index (χ0v) is 16.3. The molecule has 0 saturated carbocycles. The van der Waals surface area contributed by atoms with Crippen molar-refractivity contribution in [2.24, 2.45) is 10.9 Å². The van der Waals surface area contributed by atoms with Gasteiger partial charge in [0.15, 0.2) is 5.96 Å². The number of hydrogen-bond donors (Lipinski definition) is 2. The molecule has 6 heteroatoms. The van der Waals surface area contributed by atoms with Crippen molar-refractivity contribution in [1.82, 2.24) is 25.4 Å². The molecule has 0 aliphatic rings. The second-order valence-corrected chi connectivity index (χ2v) is 6.72. The minimum absolute atomic E-state index is 0.715. The van der Waals surface area contributed by atoms with Crippen LogP contribution in [0.15, 0.2) is 24.0 Å². The van der Waals surface area contributed by atoms with Gasteiger partial charge in [-0.3, -0.25) is 4.99 Å². The summed E-state index contributed by atoms with van der Waals surface area (Å²) in [6.45, 7) is 13.6. The summed E-state index contributed by atoms with van der Waals surface area (Å²) >= 11 is 0. The van der Waals surface area contributed by atoms with Crippen LogP contribution < -0.4 is 10.6 Å². The molecule has 0 aliphatic heterocycles. The molecule has 25 heavy (non-hydrogen) atoms. The van der Waals surface area contributed by atoms with Gasteiger partial charge in [-0.1, -0.05) is 52.5 Å². The first kappa shape index (κ1) is 21.2. The highest BCUT2D eigenvalue weighted by Crippen LogP contribution is 2.09. The maximum absolute atomic E-state index is 4.66. The predicted octanol–water partition coefficient (Wildman–Crippen LogP) is 3.17. The lowest BCUT2D eigenvalue weighted by Crippen LogP contribution is -2.39. The molecule has 0 aromatic carbocycles. The molecule has 0 fully saturated rings. The standard InChI is InChI=1S/C19H36N6/c1-5-12-20-19(21-13-10-8-7-9-11-17(3)4)22-14-15-25-16-23-24-18(25)6-2/h5,16-17H,1,6-15H2,2-4H3,(H2,20,21,22). The summed E-state index contributed by atoms with van der Waals surface area (Å²) in [4.78, 5) is 4.66. The van der Waals surface area contributed by atoms with Gasteiger partial charge in [0.2, 0.25) is 0 Å². The number of guanidine groups is 1. The highest BCUT2D eigenvalue weighted by Gasteiger charge is 2.02. The van der Waals surface area contributed by atoms with Crippen LogP contribution in [-0.4, -0.2) is 40.4 Å². The third-order valence-electron chi connectivity index (χ3n) is 4.03. The van der Waals surface area contributed by atoms with E-state index < -0.39 is 0 Å². The summed E-state index contributed by atoms with van der Waals surface area (Å²) in [5.74, 6) is 2.68. The Morgan fingerprint density at radius 1 is 1.28 bits per heavy atom. The fourth-order valence-corrected chi connectivity index (χ4v) is 2.59. The van der Waals surface area contributed by atoms with E-state index in [0.29, 0.717) is 6.54 Å². The normalized spacial score (nSPS) is 11.8. The minimum atomic E-state index is 0.715. The van der Waals surface area contributed by atoms with Crippen LogP contribution in [-0.2, 0) is 13.0 Å². The Morgan fingerprint density at radius 2 is 2.08 bits per heavy atom. The minimum Gasteiger partial charge on any atom is -0.355 e. The van der Waals surface area contributed by atoms with Crippen LogP contribution >= 0.6 is 0 Å². The Bertz CT molecular complexity index is 492. The molecule has 0 unspecified atom stereocenters. The van der Waals surface area contributed by atoms with E-state index in [0.717, 1.165) is 50.2 Å². The number of unbranched alkanes of at least 4 members (excludes halogenated alkanes) is 3. The molecule has 0 spiro atoms. The Balaban J connectivity index is 2.28. The lowest BCUT2D eigenvalue weighted by molar-refractivity contribution is 0.521. The monoisotopic (exact) mass is 348 g/mol. The maximum Gasteiger partial charge on any atom is 0.191 e. The molecule has 6 nitrogen and oxygen atoms in total. The van der Waals surface area contributed by atoms with Crippen molar-refractivity contribution >= 4 is 5.96 Å². The third kappa shape index (κ3) is 9.89. The van der Waals surface area contributed by atoms with Crippen LogP contribution in [0.5, 0.6) is 0 Å². The number of nitrogens with zero attached hydrogens (tertiary/aromatic N) is 4. The zero-order valence-electron chi connectivity index (χ0n) is 16.3. The van der Waals surface area contributed by atoms with Gasteiger partial charge in [0.25, 0.3) is 0 Å². The zero-order chi connectivity index (χ0) is 18.3. The molecule has 0 saturated heterocycles. The second-order valence-electron chi connectivity index (χ2n) is 6.72. The lowest BCUT2D eigenvalue weighted by atomic mass is 10.0. The summed E-state index contributed by atoms with van der Waals surface area (Å²) in [6, 6.07) is 0. The van der Waals surface area contributed by atoms with E-state index in [-0.39, 0.29) is 0 Å². The van der Waals surface area contributed by atoms with Crippen LogP contribution in [0.4, 0.5) is 0 Å². The Hall–Kier alpha value is -1.85. The summed E-state index contributed by atoms with van der Waals surface area (Å²) in [5, 5.41) is 14.7. The van der Waals surface area contributed by atoms with Crippen molar-refractivity contribution in [3.63, 3.8) is 0 Å². The Morgan fingerprint density at radius 3 is 2.80 bits per heavy atom. The van der Waals surface area contributed by atoms with E-state index >= 15 is 0 Å². The number of hydrogen-bond acceptors (Lipinski definition) is 3. The average molecular weight is 349 g/mol. The van der Waals surface area contributed by atoms with Gasteiger partial charge < -0.3 is 15.2 Å². The van der Waals surface area contributed by atoms with Crippen LogP contribution in [0.1, 0.15) is 58.7 Å². The Kier molecular flexibility index (Phi) is 11.4. The summed E-state index contributed by atoms with van der Waals surface area (Å²) in [6.07, 6.45) is 10.9.